The fourth-order valence-corrected chi connectivity index (χ4v) is 3.57. The van der Waals surface area contributed by atoms with Crippen LogP contribution in [0.2, 0.25) is 0 Å². The van der Waals surface area contributed by atoms with Gasteiger partial charge in [0.1, 0.15) is 0 Å². The van der Waals surface area contributed by atoms with E-state index in [1.54, 1.807) is 0 Å². The fourth-order valence-electron chi connectivity index (χ4n) is 3.57. The van der Waals surface area contributed by atoms with E-state index < -0.39 is 0 Å². The van der Waals surface area contributed by atoms with Crippen molar-refractivity contribution in [1.82, 2.24) is 4.90 Å². The van der Waals surface area contributed by atoms with E-state index in [-0.39, 0.29) is 23.3 Å². The van der Waals surface area contributed by atoms with Gasteiger partial charge in [-0.2, -0.15) is 0 Å². The summed E-state index contributed by atoms with van der Waals surface area (Å²) in [6.45, 7) is 10.6. The number of benzene rings is 2. The van der Waals surface area contributed by atoms with Gasteiger partial charge in [-0.1, -0.05) is 58.0 Å². The Morgan fingerprint density at radius 2 is 1.68 bits per heavy atom. The normalized spacial score (nSPS) is 12.2. The van der Waals surface area contributed by atoms with Crippen molar-refractivity contribution in [2.24, 2.45) is 5.41 Å². The molecular weight excluding hydrogens is 386 g/mol. The van der Waals surface area contributed by atoms with Gasteiger partial charge in [-0.25, -0.2) is 0 Å². The standard InChI is InChI=1S/C26H37N3O2/c1-8-24(30)27-22-14-15-23(28(6)7)21(16-22)18-29(25(31)17-26(3,4)5)19(2)20-12-10-9-11-13-20/h9-16,19H,8,17-18H2,1-7H3,(H,27,30)/t19-/m0/s1. The second kappa shape index (κ2) is 10.5. The van der Waals surface area contributed by atoms with Gasteiger partial charge in [0, 0.05) is 44.9 Å². The third-order valence-electron chi connectivity index (χ3n) is 5.26. The topological polar surface area (TPSA) is 52.7 Å². The van der Waals surface area contributed by atoms with Gasteiger partial charge >= 0.3 is 0 Å². The number of carbonyl (C=O) groups is 2. The summed E-state index contributed by atoms with van der Waals surface area (Å²) in [7, 11) is 3.98. The van der Waals surface area contributed by atoms with Crippen molar-refractivity contribution in [3.05, 3.63) is 59.7 Å². The molecule has 2 rings (SSSR count). The van der Waals surface area contributed by atoms with E-state index >= 15 is 0 Å². The lowest BCUT2D eigenvalue weighted by molar-refractivity contribution is -0.136. The largest absolute Gasteiger partial charge is 0.377 e. The smallest absolute Gasteiger partial charge is 0.224 e. The number of rotatable bonds is 8. The average Bonchev–Trinajstić information content (AvgIpc) is 2.70. The Morgan fingerprint density at radius 3 is 2.23 bits per heavy atom. The molecule has 0 radical (unpaired) electrons. The van der Waals surface area contributed by atoms with E-state index in [9.17, 15) is 9.59 Å². The molecule has 0 aliphatic carbocycles. The molecule has 168 valence electrons. The monoisotopic (exact) mass is 423 g/mol. The molecule has 0 aromatic heterocycles. The van der Waals surface area contributed by atoms with E-state index in [0.717, 1.165) is 22.5 Å². The highest BCUT2D eigenvalue weighted by atomic mass is 16.2. The Bertz CT molecular complexity index is 885. The number of anilines is 2. The molecule has 0 fully saturated rings. The van der Waals surface area contributed by atoms with Crippen LogP contribution in [-0.4, -0.2) is 30.8 Å². The quantitative estimate of drug-likeness (QED) is 0.599. The van der Waals surface area contributed by atoms with Crippen LogP contribution in [0.4, 0.5) is 11.4 Å². The van der Waals surface area contributed by atoms with Crippen molar-refractivity contribution in [3.8, 4) is 0 Å². The van der Waals surface area contributed by atoms with Gasteiger partial charge in [-0.05, 0) is 41.7 Å². The molecule has 5 heteroatoms. The minimum absolute atomic E-state index is 0.0260. The first-order chi connectivity index (χ1) is 14.5. The fraction of sp³-hybridized carbons (Fsp3) is 0.462. The number of hydrogen-bond donors (Lipinski definition) is 1. The second-order valence-electron chi connectivity index (χ2n) is 9.49. The van der Waals surface area contributed by atoms with Crippen LogP contribution in [0.25, 0.3) is 0 Å². The molecule has 1 atom stereocenters. The Labute approximate surface area is 187 Å². The Morgan fingerprint density at radius 1 is 1.03 bits per heavy atom. The molecule has 5 nitrogen and oxygen atoms in total. The predicted molar refractivity (Wildman–Crippen MR) is 129 cm³/mol. The van der Waals surface area contributed by atoms with Gasteiger partial charge in [-0.15, -0.1) is 0 Å². The molecule has 31 heavy (non-hydrogen) atoms. The maximum Gasteiger partial charge on any atom is 0.224 e. The van der Waals surface area contributed by atoms with Crippen LogP contribution in [0.5, 0.6) is 0 Å². The third kappa shape index (κ3) is 7.12. The summed E-state index contributed by atoms with van der Waals surface area (Å²) < 4.78 is 0. The molecule has 2 amide bonds. The van der Waals surface area contributed by atoms with Crippen LogP contribution >= 0.6 is 0 Å². The molecule has 2 aromatic carbocycles. The molecule has 0 saturated heterocycles. The zero-order chi connectivity index (χ0) is 23.2. The van der Waals surface area contributed by atoms with Crippen LogP contribution in [0.3, 0.4) is 0 Å². The summed E-state index contributed by atoms with van der Waals surface area (Å²) in [5, 5.41) is 2.94. The summed E-state index contributed by atoms with van der Waals surface area (Å²) in [5.74, 6) is 0.0958. The molecule has 2 aromatic rings. The average molecular weight is 424 g/mol. The van der Waals surface area contributed by atoms with Gasteiger partial charge < -0.3 is 15.1 Å². The first-order valence-corrected chi connectivity index (χ1v) is 11.0. The number of nitrogens with one attached hydrogen (secondary N) is 1. The van der Waals surface area contributed by atoms with Gasteiger partial charge in [0.15, 0.2) is 0 Å². The van der Waals surface area contributed by atoms with Crippen molar-refractivity contribution in [2.75, 3.05) is 24.3 Å². The van der Waals surface area contributed by atoms with Crippen molar-refractivity contribution in [3.63, 3.8) is 0 Å². The first-order valence-electron chi connectivity index (χ1n) is 11.0. The Balaban J connectivity index is 2.45. The van der Waals surface area contributed by atoms with Crippen LogP contribution in [-0.2, 0) is 16.1 Å². The zero-order valence-corrected chi connectivity index (χ0v) is 20.0. The lowest BCUT2D eigenvalue weighted by atomic mass is 9.91. The van der Waals surface area contributed by atoms with Crippen LogP contribution in [0.15, 0.2) is 48.5 Å². The molecule has 0 unspecified atom stereocenters. The van der Waals surface area contributed by atoms with E-state index in [1.165, 1.54) is 0 Å². The van der Waals surface area contributed by atoms with E-state index in [0.29, 0.717) is 19.4 Å². The molecular formula is C26H37N3O2. The van der Waals surface area contributed by atoms with Gasteiger partial charge in [-0.3, -0.25) is 9.59 Å². The number of amides is 2. The molecule has 1 N–H and O–H groups in total. The van der Waals surface area contributed by atoms with E-state index in [1.807, 2.05) is 67.2 Å². The molecule has 0 bridgehead atoms. The Hall–Kier alpha value is -2.82. The van der Waals surface area contributed by atoms with Crippen molar-refractivity contribution in [2.45, 2.75) is 60.0 Å². The number of nitrogens with zero attached hydrogens (tertiary/aromatic N) is 2. The second-order valence-corrected chi connectivity index (χ2v) is 9.49. The van der Waals surface area contributed by atoms with Crippen LogP contribution < -0.4 is 10.2 Å². The van der Waals surface area contributed by atoms with Gasteiger partial charge in [0.05, 0.1) is 6.04 Å². The highest BCUT2D eigenvalue weighted by molar-refractivity contribution is 5.91. The number of hydrogen-bond acceptors (Lipinski definition) is 3. The van der Waals surface area contributed by atoms with Gasteiger partial charge in [0.25, 0.3) is 0 Å². The summed E-state index contributed by atoms with van der Waals surface area (Å²) in [6.07, 6.45) is 0.889. The summed E-state index contributed by atoms with van der Waals surface area (Å²) in [5.41, 5.74) is 3.79. The van der Waals surface area contributed by atoms with Crippen molar-refractivity contribution >= 4 is 23.2 Å². The molecule has 0 spiro atoms. The van der Waals surface area contributed by atoms with E-state index in [4.69, 9.17) is 0 Å². The highest BCUT2D eigenvalue weighted by Crippen LogP contribution is 2.31. The van der Waals surface area contributed by atoms with Crippen LogP contribution in [0, 0.1) is 5.41 Å². The predicted octanol–water partition coefficient (Wildman–Crippen LogP) is 5.63. The minimum Gasteiger partial charge on any atom is -0.377 e. The maximum atomic E-state index is 13.4. The number of carbonyl (C=O) groups excluding carboxylic acids is 2. The Kier molecular flexibility index (Phi) is 8.26. The lowest BCUT2D eigenvalue weighted by Gasteiger charge is -2.33. The molecule has 0 aliphatic rings. The van der Waals surface area contributed by atoms with Crippen LogP contribution in [0.1, 0.15) is 64.6 Å². The molecule has 0 heterocycles. The highest BCUT2D eigenvalue weighted by Gasteiger charge is 2.27. The van der Waals surface area contributed by atoms with E-state index in [2.05, 4.69) is 45.1 Å². The molecule has 0 aliphatic heterocycles. The summed E-state index contributed by atoms with van der Waals surface area (Å²) >= 11 is 0. The van der Waals surface area contributed by atoms with Crippen molar-refractivity contribution < 1.29 is 9.59 Å². The first kappa shape index (κ1) is 24.4. The SMILES string of the molecule is CCC(=O)Nc1ccc(N(C)C)c(CN(C(=O)CC(C)(C)C)[C@@H](C)c2ccccc2)c1. The van der Waals surface area contributed by atoms with Crippen molar-refractivity contribution in [1.29, 1.82) is 0 Å². The summed E-state index contributed by atoms with van der Waals surface area (Å²) in [4.78, 5) is 29.3. The molecule has 0 saturated carbocycles. The minimum atomic E-state index is -0.104. The maximum absolute atomic E-state index is 13.4. The summed E-state index contributed by atoms with van der Waals surface area (Å²) in [6, 6.07) is 15.9. The lowest BCUT2D eigenvalue weighted by Crippen LogP contribution is -2.35. The third-order valence-corrected chi connectivity index (χ3v) is 5.26. The van der Waals surface area contributed by atoms with Gasteiger partial charge in [0.2, 0.25) is 11.8 Å². The zero-order valence-electron chi connectivity index (χ0n) is 20.0.